The van der Waals surface area contributed by atoms with Gasteiger partial charge in [-0.25, -0.2) is 0 Å². The van der Waals surface area contributed by atoms with Gasteiger partial charge in [-0.1, -0.05) is 34.0 Å². The van der Waals surface area contributed by atoms with Crippen LogP contribution in [0.4, 0.5) is 0 Å². The standard InChI is InChI=1S/C12H11BrN2/c1-3-6-15-12(8-14)10-5-4-9(2)11(13)7-10/h1,4-5,7,12,15H,6H2,2H3. The summed E-state index contributed by atoms with van der Waals surface area (Å²) in [6.45, 7) is 2.40. The van der Waals surface area contributed by atoms with Gasteiger partial charge in [-0.05, 0) is 24.1 Å². The third kappa shape index (κ3) is 3.09. The molecule has 1 rings (SSSR count). The van der Waals surface area contributed by atoms with Crippen molar-refractivity contribution in [3.8, 4) is 18.4 Å². The van der Waals surface area contributed by atoms with Crippen LogP contribution in [0.1, 0.15) is 17.2 Å². The lowest BCUT2D eigenvalue weighted by molar-refractivity contribution is 0.690. The lowest BCUT2D eigenvalue weighted by atomic mass is 10.1. The lowest BCUT2D eigenvalue weighted by Gasteiger charge is -2.10. The van der Waals surface area contributed by atoms with Crippen molar-refractivity contribution in [3.05, 3.63) is 33.8 Å². The van der Waals surface area contributed by atoms with Crippen LogP contribution in [-0.4, -0.2) is 6.54 Å². The van der Waals surface area contributed by atoms with Crippen molar-refractivity contribution < 1.29 is 0 Å². The van der Waals surface area contributed by atoms with Crippen molar-refractivity contribution >= 4 is 15.9 Å². The van der Waals surface area contributed by atoms with E-state index in [-0.39, 0.29) is 6.04 Å². The van der Waals surface area contributed by atoms with Gasteiger partial charge in [0.2, 0.25) is 0 Å². The third-order valence-electron chi connectivity index (χ3n) is 2.07. The molecule has 0 heterocycles. The number of benzene rings is 1. The highest BCUT2D eigenvalue weighted by Gasteiger charge is 2.09. The van der Waals surface area contributed by atoms with Gasteiger partial charge in [-0.15, -0.1) is 6.42 Å². The van der Waals surface area contributed by atoms with Crippen LogP contribution in [0.15, 0.2) is 22.7 Å². The molecular weight excluding hydrogens is 252 g/mol. The maximum atomic E-state index is 8.97. The maximum absolute atomic E-state index is 8.97. The van der Waals surface area contributed by atoms with Gasteiger partial charge in [0.25, 0.3) is 0 Å². The van der Waals surface area contributed by atoms with E-state index in [1.807, 2.05) is 25.1 Å². The van der Waals surface area contributed by atoms with Crippen LogP contribution in [0.25, 0.3) is 0 Å². The molecule has 1 aromatic carbocycles. The van der Waals surface area contributed by atoms with E-state index >= 15 is 0 Å². The van der Waals surface area contributed by atoms with Crippen molar-refractivity contribution in [2.24, 2.45) is 0 Å². The number of nitrogens with one attached hydrogen (secondary N) is 1. The predicted octanol–water partition coefficient (Wildman–Crippen LogP) is 2.55. The molecule has 2 nitrogen and oxygen atoms in total. The van der Waals surface area contributed by atoms with Gasteiger partial charge in [0.15, 0.2) is 0 Å². The Balaban J connectivity index is 2.89. The Morgan fingerprint density at radius 3 is 2.87 bits per heavy atom. The first-order valence-electron chi connectivity index (χ1n) is 4.51. The molecule has 1 aromatic rings. The summed E-state index contributed by atoms with van der Waals surface area (Å²) in [5.41, 5.74) is 2.07. The minimum atomic E-state index is -0.349. The molecule has 15 heavy (non-hydrogen) atoms. The van der Waals surface area contributed by atoms with Crippen molar-refractivity contribution in [2.45, 2.75) is 13.0 Å². The second kappa shape index (κ2) is 5.56. The van der Waals surface area contributed by atoms with Gasteiger partial charge in [-0.3, -0.25) is 5.32 Å². The van der Waals surface area contributed by atoms with E-state index in [4.69, 9.17) is 11.7 Å². The van der Waals surface area contributed by atoms with Crippen LogP contribution >= 0.6 is 15.9 Å². The second-order valence-electron chi connectivity index (χ2n) is 3.16. The van der Waals surface area contributed by atoms with Gasteiger partial charge in [0, 0.05) is 4.47 Å². The van der Waals surface area contributed by atoms with Crippen molar-refractivity contribution in [3.63, 3.8) is 0 Å². The van der Waals surface area contributed by atoms with E-state index in [2.05, 4.69) is 33.2 Å². The molecule has 0 saturated heterocycles. The Kier molecular flexibility index (Phi) is 4.37. The molecule has 0 fully saturated rings. The minimum Gasteiger partial charge on any atom is -0.287 e. The van der Waals surface area contributed by atoms with Crippen LogP contribution < -0.4 is 5.32 Å². The van der Waals surface area contributed by atoms with Crippen molar-refractivity contribution in [2.75, 3.05) is 6.54 Å². The van der Waals surface area contributed by atoms with Gasteiger partial charge >= 0.3 is 0 Å². The summed E-state index contributed by atoms with van der Waals surface area (Å²) in [6.07, 6.45) is 5.13. The highest BCUT2D eigenvalue weighted by Crippen LogP contribution is 2.21. The molecule has 3 heteroatoms. The summed E-state index contributed by atoms with van der Waals surface area (Å²) in [7, 11) is 0. The zero-order valence-electron chi connectivity index (χ0n) is 8.42. The minimum absolute atomic E-state index is 0.349. The molecule has 1 unspecified atom stereocenters. The van der Waals surface area contributed by atoms with Gasteiger partial charge in [0.1, 0.15) is 6.04 Å². The number of nitrogens with zero attached hydrogens (tertiary/aromatic N) is 1. The van der Waals surface area contributed by atoms with E-state index < -0.39 is 0 Å². The van der Waals surface area contributed by atoms with Crippen LogP contribution in [0, 0.1) is 30.6 Å². The molecule has 0 saturated carbocycles. The molecule has 0 amide bonds. The van der Waals surface area contributed by atoms with Gasteiger partial charge in [-0.2, -0.15) is 5.26 Å². The fraction of sp³-hybridized carbons (Fsp3) is 0.250. The number of terminal acetylenes is 1. The normalized spacial score (nSPS) is 11.5. The quantitative estimate of drug-likeness (QED) is 0.850. The summed E-state index contributed by atoms with van der Waals surface area (Å²) in [4.78, 5) is 0. The van der Waals surface area contributed by atoms with Crippen LogP contribution in [-0.2, 0) is 0 Å². The van der Waals surface area contributed by atoms with E-state index in [1.54, 1.807) is 0 Å². The zero-order chi connectivity index (χ0) is 11.3. The molecule has 76 valence electrons. The fourth-order valence-electron chi connectivity index (χ4n) is 1.19. The van der Waals surface area contributed by atoms with E-state index in [9.17, 15) is 0 Å². The number of aryl methyl sites for hydroxylation is 1. The molecule has 0 spiro atoms. The van der Waals surface area contributed by atoms with Crippen LogP contribution in [0.2, 0.25) is 0 Å². The zero-order valence-corrected chi connectivity index (χ0v) is 10.0. The molecular formula is C12H11BrN2. The molecule has 0 aliphatic rings. The number of hydrogen-bond acceptors (Lipinski definition) is 2. The van der Waals surface area contributed by atoms with Crippen molar-refractivity contribution in [1.29, 1.82) is 5.26 Å². The highest BCUT2D eigenvalue weighted by atomic mass is 79.9. The second-order valence-corrected chi connectivity index (χ2v) is 4.01. The Labute approximate surface area is 98.4 Å². The first-order chi connectivity index (χ1) is 7.19. The van der Waals surface area contributed by atoms with Crippen LogP contribution in [0.3, 0.4) is 0 Å². The first kappa shape index (κ1) is 11.8. The van der Waals surface area contributed by atoms with E-state index in [1.165, 1.54) is 0 Å². The van der Waals surface area contributed by atoms with Gasteiger partial charge in [0.05, 0.1) is 12.6 Å². The van der Waals surface area contributed by atoms with Gasteiger partial charge < -0.3 is 0 Å². The molecule has 0 aliphatic carbocycles. The first-order valence-corrected chi connectivity index (χ1v) is 5.31. The summed E-state index contributed by atoms with van der Waals surface area (Å²) >= 11 is 3.43. The molecule has 0 bridgehead atoms. The largest absolute Gasteiger partial charge is 0.287 e. The number of nitriles is 1. The topological polar surface area (TPSA) is 35.8 Å². The van der Waals surface area contributed by atoms with Crippen LogP contribution in [0.5, 0.6) is 0 Å². The summed E-state index contributed by atoms with van der Waals surface area (Å²) in [5.74, 6) is 2.45. The molecule has 0 aromatic heterocycles. The maximum Gasteiger partial charge on any atom is 0.122 e. The Morgan fingerprint density at radius 2 is 2.33 bits per heavy atom. The summed E-state index contributed by atoms with van der Waals surface area (Å²) in [5, 5.41) is 11.9. The smallest absolute Gasteiger partial charge is 0.122 e. The predicted molar refractivity (Wildman–Crippen MR) is 64.1 cm³/mol. The van der Waals surface area contributed by atoms with E-state index in [0.29, 0.717) is 6.54 Å². The number of hydrogen-bond donors (Lipinski definition) is 1. The Morgan fingerprint density at radius 1 is 1.60 bits per heavy atom. The number of halogens is 1. The number of rotatable bonds is 3. The molecule has 0 aliphatic heterocycles. The Hall–Kier alpha value is -1.29. The van der Waals surface area contributed by atoms with Crippen molar-refractivity contribution in [1.82, 2.24) is 5.32 Å². The average molecular weight is 263 g/mol. The third-order valence-corrected chi connectivity index (χ3v) is 2.92. The lowest BCUT2D eigenvalue weighted by Crippen LogP contribution is -2.20. The Bertz CT molecular complexity index is 426. The SMILES string of the molecule is C#CCNC(C#N)c1ccc(C)c(Br)c1. The molecule has 0 radical (unpaired) electrons. The summed E-state index contributed by atoms with van der Waals surface area (Å²) < 4.78 is 1.00. The average Bonchev–Trinajstić information content (AvgIpc) is 2.24. The highest BCUT2D eigenvalue weighted by molar-refractivity contribution is 9.10. The molecule has 1 N–H and O–H groups in total. The molecule has 1 atom stereocenters. The van der Waals surface area contributed by atoms with E-state index in [0.717, 1.165) is 15.6 Å². The fourth-order valence-corrected chi connectivity index (χ4v) is 1.58. The summed E-state index contributed by atoms with van der Waals surface area (Å²) in [6, 6.07) is 7.66. The monoisotopic (exact) mass is 262 g/mol.